The van der Waals surface area contributed by atoms with E-state index in [-0.39, 0.29) is 0 Å². The van der Waals surface area contributed by atoms with Gasteiger partial charge in [-0.2, -0.15) is 0 Å². The second-order valence-corrected chi connectivity index (χ2v) is 7.06. The predicted molar refractivity (Wildman–Crippen MR) is 104 cm³/mol. The van der Waals surface area contributed by atoms with E-state index >= 15 is 0 Å². The maximum absolute atomic E-state index is 6.22. The van der Waals surface area contributed by atoms with Crippen LogP contribution in [0.15, 0.2) is 46.9 Å². The Bertz CT molecular complexity index is 886. The summed E-state index contributed by atoms with van der Waals surface area (Å²) in [5, 5.41) is 5.76. The Labute approximate surface area is 144 Å². The normalized spacial score (nSPS) is 13.8. The van der Waals surface area contributed by atoms with Gasteiger partial charge in [-0.25, -0.2) is 0 Å². The highest BCUT2D eigenvalue weighted by Gasteiger charge is 2.16. The van der Waals surface area contributed by atoms with E-state index in [1.807, 2.05) is 19.2 Å². The molecule has 0 saturated heterocycles. The van der Waals surface area contributed by atoms with E-state index in [4.69, 9.17) is 4.42 Å². The summed E-state index contributed by atoms with van der Waals surface area (Å²) in [7, 11) is 1.99. The number of aryl methyl sites for hydroxylation is 1. The summed E-state index contributed by atoms with van der Waals surface area (Å²) in [6, 6.07) is 12.6. The maximum atomic E-state index is 6.22. The number of nitrogens with one attached hydrogen (secondary N) is 1. The van der Waals surface area contributed by atoms with Crippen molar-refractivity contribution in [2.45, 2.75) is 34.1 Å². The zero-order chi connectivity index (χ0) is 17.3. The van der Waals surface area contributed by atoms with Gasteiger partial charge >= 0.3 is 0 Å². The molecule has 1 unspecified atom stereocenters. The number of furan rings is 1. The molecule has 0 aliphatic heterocycles. The van der Waals surface area contributed by atoms with E-state index in [0.29, 0.717) is 11.8 Å². The van der Waals surface area contributed by atoms with Crippen molar-refractivity contribution in [2.24, 2.45) is 11.8 Å². The van der Waals surface area contributed by atoms with Gasteiger partial charge in [0.1, 0.15) is 11.2 Å². The molecule has 24 heavy (non-hydrogen) atoms. The third-order valence-corrected chi connectivity index (χ3v) is 5.13. The van der Waals surface area contributed by atoms with E-state index in [1.54, 1.807) is 0 Å². The Morgan fingerprint density at radius 2 is 1.83 bits per heavy atom. The summed E-state index contributed by atoms with van der Waals surface area (Å²) >= 11 is 0. The summed E-state index contributed by atoms with van der Waals surface area (Å²) < 4.78 is 6.22. The fourth-order valence-electron chi connectivity index (χ4n) is 3.13. The molecule has 0 amide bonds. The van der Waals surface area contributed by atoms with Crippen LogP contribution in [-0.4, -0.2) is 7.05 Å². The van der Waals surface area contributed by atoms with Crippen LogP contribution in [0.3, 0.4) is 0 Å². The van der Waals surface area contributed by atoms with Crippen molar-refractivity contribution in [2.75, 3.05) is 7.05 Å². The average molecular weight is 321 g/mol. The molecule has 3 aromatic rings. The molecule has 1 heterocycles. The van der Waals surface area contributed by atoms with Crippen molar-refractivity contribution in [1.82, 2.24) is 5.32 Å². The Morgan fingerprint density at radius 3 is 2.54 bits per heavy atom. The van der Waals surface area contributed by atoms with Crippen LogP contribution in [0.25, 0.3) is 27.6 Å². The summed E-state index contributed by atoms with van der Waals surface area (Å²) in [5.74, 6) is 1.34. The summed E-state index contributed by atoms with van der Waals surface area (Å²) in [6.07, 6.45) is 3.38. The number of benzene rings is 2. The van der Waals surface area contributed by atoms with Crippen LogP contribution in [-0.2, 0) is 0 Å². The molecule has 0 bridgehead atoms. The molecule has 2 heteroatoms. The Morgan fingerprint density at radius 1 is 1.08 bits per heavy atom. The van der Waals surface area contributed by atoms with Crippen LogP contribution in [0.2, 0.25) is 0 Å². The molecule has 126 valence electrons. The molecule has 0 fully saturated rings. The lowest BCUT2D eigenvalue weighted by Gasteiger charge is -2.16. The van der Waals surface area contributed by atoms with Gasteiger partial charge in [-0.3, -0.25) is 0 Å². The largest absolute Gasteiger partial charge is 0.455 e. The third-order valence-electron chi connectivity index (χ3n) is 5.13. The van der Waals surface area contributed by atoms with Crippen LogP contribution < -0.4 is 5.32 Å². The van der Waals surface area contributed by atoms with Crippen molar-refractivity contribution in [3.63, 3.8) is 0 Å². The number of hydrogen-bond donors (Lipinski definition) is 1. The molecule has 2 nitrogen and oxygen atoms in total. The van der Waals surface area contributed by atoms with Crippen LogP contribution in [0.4, 0.5) is 0 Å². The number of fused-ring (bicyclic) bond motifs is 3. The zero-order valence-corrected chi connectivity index (χ0v) is 15.3. The second-order valence-electron chi connectivity index (χ2n) is 7.06. The molecular formula is C22H27NO. The second kappa shape index (κ2) is 6.72. The highest BCUT2D eigenvalue weighted by Crippen LogP contribution is 2.35. The average Bonchev–Trinajstić information content (AvgIpc) is 2.95. The molecular weight excluding hydrogens is 294 g/mol. The number of para-hydroxylation sites is 1. The maximum Gasteiger partial charge on any atom is 0.144 e. The monoisotopic (exact) mass is 321 g/mol. The molecule has 0 aliphatic carbocycles. The summed E-state index contributed by atoms with van der Waals surface area (Å²) in [5.41, 5.74) is 5.51. The minimum Gasteiger partial charge on any atom is -0.455 e. The van der Waals surface area contributed by atoms with Crippen LogP contribution in [0.5, 0.6) is 0 Å². The molecule has 1 N–H and O–H groups in total. The molecule has 2 aromatic carbocycles. The fraction of sp³-hybridized carbons (Fsp3) is 0.364. The highest BCUT2D eigenvalue weighted by molar-refractivity contribution is 6.08. The first-order valence-electron chi connectivity index (χ1n) is 8.82. The Kier molecular flexibility index (Phi) is 4.66. The Balaban J connectivity index is 2.16. The van der Waals surface area contributed by atoms with Crippen molar-refractivity contribution in [3.05, 3.63) is 53.6 Å². The van der Waals surface area contributed by atoms with Gasteiger partial charge in [0.2, 0.25) is 0 Å². The first-order valence-corrected chi connectivity index (χ1v) is 8.82. The van der Waals surface area contributed by atoms with Gasteiger partial charge in [0.15, 0.2) is 0 Å². The smallest absolute Gasteiger partial charge is 0.144 e. The van der Waals surface area contributed by atoms with Crippen molar-refractivity contribution in [1.29, 1.82) is 0 Å². The lowest BCUT2D eigenvalue weighted by Crippen LogP contribution is -2.09. The number of hydrogen-bond acceptors (Lipinski definition) is 2. The van der Waals surface area contributed by atoms with Gasteiger partial charge < -0.3 is 9.73 Å². The summed E-state index contributed by atoms with van der Waals surface area (Å²) in [4.78, 5) is 0. The predicted octanol–water partition coefficient (Wildman–Crippen LogP) is 6.14. The van der Waals surface area contributed by atoms with Gasteiger partial charge in [-0.05, 0) is 36.8 Å². The molecule has 0 saturated carbocycles. The lowest BCUT2D eigenvalue weighted by atomic mass is 9.93. The van der Waals surface area contributed by atoms with Gasteiger partial charge in [0.25, 0.3) is 0 Å². The van der Waals surface area contributed by atoms with Gasteiger partial charge in [-0.1, -0.05) is 57.2 Å². The molecule has 0 aliphatic rings. The first-order chi connectivity index (χ1) is 11.5. The minimum atomic E-state index is 0.656. The Hall–Kier alpha value is -2.22. The van der Waals surface area contributed by atoms with Crippen LogP contribution >= 0.6 is 0 Å². The first kappa shape index (κ1) is 16.6. The van der Waals surface area contributed by atoms with Crippen molar-refractivity contribution in [3.8, 4) is 0 Å². The molecule has 0 radical (unpaired) electrons. The SMILES string of the molecule is CN/C(=C\CC(C)C(C)C)c1c(C)ccc2c1oc1ccccc12. The van der Waals surface area contributed by atoms with E-state index in [0.717, 1.165) is 23.3 Å². The standard InChI is InChI=1S/C22H27NO/c1-14(2)15(3)11-13-19(23-5)21-16(4)10-12-18-17-8-6-7-9-20(17)24-22(18)21/h6-10,12-15,23H,11H2,1-5H3/b19-13-. The lowest BCUT2D eigenvalue weighted by molar-refractivity contribution is 0.424. The summed E-state index contributed by atoms with van der Waals surface area (Å²) in [6.45, 7) is 9.02. The molecule has 1 atom stereocenters. The van der Waals surface area contributed by atoms with Gasteiger partial charge in [0.05, 0.1) is 0 Å². The fourth-order valence-corrected chi connectivity index (χ4v) is 3.13. The van der Waals surface area contributed by atoms with Crippen molar-refractivity contribution < 1.29 is 4.42 Å². The van der Waals surface area contributed by atoms with E-state index < -0.39 is 0 Å². The van der Waals surface area contributed by atoms with E-state index in [2.05, 4.69) is 63.4 Å². The molecule has 0 spiro atoms. The van der Waals surface area contributed by atoms with Gasteiger partial charge in [0, 0.05) is 29.1 Å². The molecule has 3 rings (SSSR count). The van der Waals surface area contributed by atoms with Crippen LogP contribution in [0.1, 0.15) is 38.3 Å². The highest BCUT2D eigenvalue weighted by atomic mass is 16.3. The quantitative estimate of drug-likeness (QED) is 0.611. The third kappa shape index (κ3) is 2.93. The van der Waals surface area contributed by atoms with Crippen molar-refractivity contribution >= 4 is 27.6 Å². The van der Waals surface area contributed by atoms with Gasteiger partial charge in [-0.15, -0.1) is 0 Å². The van der Waals surface area contributed by atoms with E-state index in [1.165, 1.54) is 21.9 Å². The molecule has 1 aromatic heterocycles. The van der Waals surface area contributed by atoms with Crippen LogP contribution in [0, 0.1) is 18.8 Å². The minimum absolute atomic E-state index is 0.656. The number of rotatable bonds is 5. The number of allylic oxidation sites excluding steroid dienone is 1. The topological polar surface area (TPSA) is 25.2 Å². The van der Waals surface area contributed by atoms with E-state index in [9.17, 15) is 0 Å². The zero-order valence-electron chi connectivity index (χ0n) is 15.3.